The van der Waals surface area contributed by atoms with E-state index in [1.165, 1.54) is 0 Å². The predicted octanol–water partition coefficient (Wildman–Crippen LogP) is 1.93. The van der Waals surface area contributed by atoms with Crippen molar-refractivity contribution in [2.24, 2.45) is 0 Å². The van der Waals surface area contributed by atoms with Crippen LogP contribution in [0.2, 0.25) is 0 Å². The van der Waals surface area contributed by atoms with E-state index in [4.69, 9.17) is 0 Å². The van der Waals surface area contributed by atoms with Gasteiger partial charge >= 0.3 is 0 Å². The first-order chi connectivity index (χ1) is 9.58. The van der Waals surface area contributed by atoms with E-state index in [0.29, 0.717) is 18.1 Å². The number of hydrogen-bond acceptors (Lipinski definition) is 5. The van der Waals surface area contributed by atoms with E-state index in [2.05, 4.69) is 15.5 Å². The van der Waals surface area contributed by atoms with Gasteiger partial charge in [-0.15, -0.1) is 5.10 Å². The Bertz CT molecular complexity index is 743. The van der Waals surface area contributed by atoms with Crippen molar-refractivity contribution >= 4 is 26.4 Å². The van der Waals surface area contributed by atoms with E-state index in [-0.39, 0.29) is 5.25 Å². The number of aromatic nitrogens is 2. The number of rotatable bonds is 3. The molecule has 1 aromatic carbocycles. The molecule has 2 aromatic rings. The quantitative estimate of drug-likeness (QED) is 0.935. The molecule has 1 N–H and O–H groups in total. The summed E-state index contributed by atoms with van der Waals surface area (Å²) in [4.78, 5) is 0. The summed E-state index contributed by atoms with van der Waals surface area (Å²) < 4.78 is 23.6. The second kappa shape index (κ2) is 5.01. The molecule has 1 aromatic heterocycles. The molecular formula is C14H17N3O2S. The number of hydrogen-bond donors (Lipinski definition) is 1. The van der Waals surface area contributed by atoms with Crippen molar-refractivity contribution in [1.29, 1.82) is 0 Å². The summed E-state index contributed by atoms with van der Waals surface area (Å²) in [6, 6.07) is 7.88. The molecule has 0 bridgehead atoms. The van der Waals surface area contributed by atoms with Gasteiger partial charge in [0.2, 0.25) is 0 Å². The molecule has 0 aliphatic carbocycles. The molecule has 1 aliphatic rings. The molecular weight excluding hydrogens is 274 g/mol. The lowest BCUT2D eigenvalue weighted by molar-refractivity contribution is 0.591. The van der Waals surface area contributed by atoms with Crippen LogP contribution >= 0.6 is 0 Å². The Balaban J connectivity index is 1.87. The standard InChI is InChI=1S/C14H17N3O2S/c1-10-12-6-2-3-7-13(12)14(17-16-10)15-9-11-5-4-8-20(11,18)19/h2-3,6-7,11H,4-5,8-9H2,1H3,(H,15,17). The maximum absolute atomic E-state index is 11.8. The third-order valence-electron chi connectivity index (χ3n) is 3.83. The number of aryl methyl sites for hydroxylation is 1. The fourth-order valence-electron chi connectivity index (χ4n) is 2.67. The topological polar surface area (TPSA) is 72.0 Å². The minimum atomic E-state index is -2.93. The van der Waals surface area contributed by atoms with Gasteiger partial charge in [-0.3, -0.25) is 0 Å². The second-order valence-corrected chi connectivity index (χ2v) is 7.59. The van der Waals surface area contributed by atoms with Crippen molar-refractivity contribution in [3.8, 4) is 0 Å². The Kier molecular flexibility index (Phi) is 3.33. The van der Waals surface area contributed by atoms with Crippen molar-refractivity contribution in [2.75, 3.05) is 17.6 Å². The van der Waals surface area contributed by atoms with Crippen molar-refractivity contribution in [3.63, 3.8) is 0 Å². The van der Waals surface area contributed by atoms with Crippen LogP contribution in [0.4, 0.5) is 5.82 Å². The minimum Gasteiger partial charge on any atom is -0.367 e. The molecule has 3 rings (SSSR count). The van der Waals surface area contributed by atoms with Gasteiger partial charge in [0.05, 0.1) is 16.7 Å². The molecule has 2 heterocycles. The Morgan fingerprint density at radius 1 is 1.25 bits per heavy atom. The van der Waals surface area contributed by atoms with Gasteiger partial charge in [0.25, 0.3) is 0 Å². The van der Waals surface area contributed by atoms with E-state index in [1.807, 2.05) is 31.2 Å². The molecule has 1 unspecified atom stereocenters. The van der Waals surface area contributed by atoms with Crippen LogP contribution in [-0.2, 0) is 9.84 Å². The lowest BCUT2D eigenvalue weighted by atomic mass is 10.1. The Hall–Kier alpha value is -1.69. The zero-order valence-electron chi connectivity index (χ0n) is 11.3. The van der Waals surface area contributed by atoms with Crippen LogP contribution in [0.5, 0.6) is 0 Å². The van der Waals surface area contributed by atoms with Gasteiger partial charge in [0, 0.05) is 17.3 Å². The second-order valence-electron chi connectivity index (χ2n) is 5.19. The average molecular weight is 291 g/mol. The zero-order valence-corrected chi connectivity index (χ0v) is 12.2. The van der Waals surface area contributed by atoms with Gasteiger partial charge in [-0.05, 0) is 19.8 Å². The molecule has 0 radical (unpaired) electrons. The molecule has 1 fully saturated rings. The fourth-order valence-corrected chi connectivity index (χ4v) is 4.43. The third kappa shape index (κ3) is 2.35. The average Bonchev–Trinajstić information content (AvgIpc) is 2.77. The van der Waals surface area contributed by atoms with Crippen LogP contribution < -0.4 is 5.32 Å². The zero-order chi connectivity index (χ0) is 14.2. The van der Waals surface area contributed by atoms with Gasteiger partial charge in [0.1, 0.15) is 0 Å². The summed E-state index contributed by atoms with van der Waals surface area (Å²) in [5.74, 6) is 0.966. The number of sulfone groups is 1. The summed E-state index contributed by atoms with van der Waals surface area (Å²) in [5, 5.41) is 13.2. The van der Waals surface area contributed by atoms with Crippen LogP contribution in [0.15, 0.2) is 24.3 Å². The lowest BCUT2D eigenvalue weighted by Crippen LogP contribution is -2.25. The first-order valence-electron chi connectivity index (χ1n) is 6.75. The van der Waals surface area contributed by atoms with Crippen molar-refractivity contribution in [1.82, 2.24) is 10.2 Å². The lowest BCUT2D eigenvalue weighted by Gasteiger charge is -2.13. The van der Waals surface area contributed by atoms with Crippen LogP contribution in [-0.4, -0.2) is 36.2 Å². The number of anilines is 1. The Morgan fingerprint density at radius 2 is 2.00 bits per heavy atom. The number of fused-ring (bicyclic) bond motifs is 1. The maximum Gasteiger partial charge on any atom is 0.156 e. The maximum atomic E-state index is 11.8. The largest absolute Gasteiger partial charge is 0.367 e. The highest BCUT2D eigenvalue weighted by atomic mass is 32.2. The molecule has 0 saturated carbocycles. The van der Waals surface area contributed by atoms with E-state index in [0.717, 1.165) is 29.3 Å². The number of nitrogens with zero attached hydrogens (tertiary/aromatic N) is 2. The van der Waals surface area contributed by atoms with Gasteiger partial charge in [-0.2, -0.15) is 5.10 Å². The normalized spacial score (nSPS) is 21.1. The smallest absolute Gasteiger partial charge is 0.156 e. The van der Waals surface area contributed by atoms with Crippen LogP contribution in [0.3, 0.4) is 0 Å². The highest BCUT2D eigenvalue weighted by molar-refractivity contribution is 7.92. The van der Waals surface area contributed by atoms with Gasteiger partial charge < -0.3 is 5.32 Å². The molecule has 106 valence electrons. The van der Waals surface area contributed by atoms with E-state index < -0.39 is 9.84 Å². The van der Waals surface area contributed by atoms with Crippen molar-refractivity contribution < 1.29 is 8.42 Å². The summed E-state index contributed by atoms with van der Waals surface area (Å²) in [5.41, 5.74) is 0.875. The first-order valence-corrected chi connectivity index (χ1v) is 8.47. The molecule has 5 nitrogen and oxygen atoms in total. The van der Waals surface area contributed by atoms with E-state index in [1.54, 1.807) is 0 Å². The van der Waals surface area contributed by atoms with E-state index in [9.17, 15) is 8.42 Å². The van der Waals surface area contributed by atoms with E-state index >= 15 is 0 Å². The van der Waals surface area contributed by atoms with Gasteiger partial charge in [0.15, 0.2) is 15.7 Å². The molecule has 0 amide bonds. The molecule has 1 saturated heterocycles. The van der Waals surface area contributed by atoms with Crippen molar-refractivity contribution in [2.45, 2.75) is 25.0 Å². The molecule has 0 spiro atoms. The molecule has 1 atom stereocenters. The summed E-state index contributed by atoms with van der Waals surface area (Å²) >= 11 is 0. The Labute approximate surface area is 118 Å². The monoisotopic (exact) mass is 291 g/mol. The highest BCUT2D eigenvalue weighted by Crippen LogP contribution is 2.24. The van der Waals surface area contributed by atoms with Gasteiger partial charge in [-0.1, -0.05) is 24.3 Å². The summed E-state index contributed by atoms with van der Waals surface area (Å²) in [6.07, 6.45) is 1.49. The fraction of sp³-hybridized carbons (Fsp3) is 0.429. The number of benzene rings is 1. The van der Waals surface area contributed by atoms with Gasteiger partial charge in [-0.25, -0.2) is 8.42 Å². The highest BCUT2D eigenvalue weighted by Gasteiger charge is 2.31. The summed E-state index contributed by atoms with van der Waals surface area (Å²) in [7, 11) is -2.93. The van der Waals surface area contributed by atoms with Crippen LogP contribution in [0.25, 0.3) is 10.8 Å². The molecule has 1 aliphatic heterocycles. The van der Waals surface area contributed by atoms with Crippen molar-refractivity contribution in [3.05, 3.63) is 30.0 Å². The summed E-state index contributed by atoms with van der Waals surface area (Å²) in [6.45, 7) is 2.32. The molecule has 20 heavy (non-hydrogen) atoms. The van der Waals surface area contributed by atoms with Crippen LogP contribution in [0, 0.1) is 6.92 Å². The predicted molar refractivity (Wildman–Crippen MR) is 79.6 cm³/mol. The number of nitrogens with one attached hydrogen (secondary N) is 1. The first kappa shape index (κ1) is 13.3. The Morgan fingerprint density at radius 3 is 2.70 bits per heavy atom. The van der Waals surface area contributed by atoms with Crippen LogP contribution in [0.1, 0.15) is 18.5 Å². The minimum absolute atomic E-state index is 0.302. The SMILES string of the molecule is Cc1nnc(NCC2CCCS2(=O)=O)c2ccccc12. The third-order valence-corrected chi connectivity index (χ3v) is 6.11. The molecule has 6 heteroatoms.